The fraction of sp³-hybridized carbons (Fsp3) is 0.500. The molecule has 1 aliphatic heterocycles. The lowest BCUT2D eigenvalue weighted by Gasteiger charge is -2.29. The summed E-state index contributed by atoms with van der Waals surface area (Å²) in [4.78, 5) is 1.92. The zero-order valence-corrected chi connectivity index (χ0v) is 9.53. The summed E-state index contributed by atoms with van der Waals surface area (Å²) in [5, 5.41) is 0. The predicted octanol–water partition coefficient (Wildman–Crippen LogP) is 1.63. The van der Waals surface area contributed by atoms with E-state index >= 15 is 0 Å². The Morgan fingerprint density at radius 3 is 2.65 bits per heavy atom. The average Bonchev–Trinajstić information content (AvgIpc) is 2.38. The van der Waals surface area contributed by atoms with Gasteiger partial charge in [-0.25, -0.2) is 8.78 Å². The highest BCUT2D eigenvalue weighted by Gasteiger charge is 2.16. The van der Waals surface area contributed by atoms with Crippen LogP contribution in [-0.4, -0.2) is 33.0 Å². The molecule has 0 aromatic heterocycles. The van der Waals surface area contributed by atoms with Crippen LogP contribution in [0.15, 0.2) is 18.2 Å². The van der Waals surface area contributed by atoms with Gasteiger partial charge in [0.15, 0.2) is 0 Å². The third kappa shape index (κ3) is 2.73. The maximum absolute atomic E-state index is 13.9. The van der Waals surface area contributed by atoms with E-state index in [2.05, 4.69) is 0 Å². The summed E-state index contributed by atoms with van der Waals surface area (Å²) in [6.07, 6.45) is 0. The second kappa shape index (κ2) is 5.42. The lowest BCUT2D eigenvalue weighted by molar-refractivity contribution is 0.122. The van der Waals surface area contributed by atoms with E-state index in [0.29, 0.717) is 37.6 Å². The minimum Gasteiger partial charge on any atom is -0.378 e. The molecular formula is C12H16F2N2O. The number of nitrogens with zero attached hydrogens (tertiary/aromatic N) is 1. The van der Waals surface area contributed by atoms with E-state index in [1.807, 2.05) is 4.90 Å². The molecule has 1 aliphatic rings. The lowest BCUT2D eigenvalue weighted by Crippen LogP contribution is -2.36. The van der Waals surface area contributed by atoms with Crippen LogP contribution in [0.3, 0.4) is 0 Å². The molecule has 1 heterocycles. The van der Waals surface area contributed by atoms with Crippen molar-refractivity contribution in [1.29, 1.82) is 0 Å². The Bertz CT molecular complexity index is 381. The molecule has 1 unspecified atom stereocenters. The van der Waals surface area contributed by atoms with Crippen LogP contribution in [0.1, 0.15) is 11.6 Å². The highest BCUT2D eigenvalue weighted by molar-refractivity contribution is 5.49. The minimum atomic E-state index is -0.747. The number of hydrogen-bond acceptors (Lipinski definition) is 3. The third-order valence-corrected chi connectivity index (χ3v) is 2.92. The molecule has 1 aromatic carbocycles. The van der Waals surface area contributed by atoms with Gasteiger partial charge < -0.3 is 15.4 Å². The summed E-state index contributed by atoms with van der Waals surface area (Å²) in [6, 6.07) is 3.90. The van der Waals surface area contributed by atoms with Crippen LogP contribution >= 0.6 is 0 Å². The van der Waals surface area contributed by atoms with Crippen molar-refractivity contribution in [2.75, 3.05) is 37.9 Å². The Morgan fingerprint density at radius 2 is 2.06 bits per heavy atom. The van der Waals surface area contributed by atoms with Gasteiger partial charge in [-0.3, -0.25) is 0 Å². The maximum atomic E-state index is 13.9. The van der Waals surface area contributed by atoms with Crippen LogP contribution in [0, 0.1) is 5.82 Å². The molecule has 0 aliphatic carbocycles. The number of hydrogen-bond donors (Lipinski definition) is 1. The first-order chi connectivity index (χ1) is 8.22. The molecule has 0 bridgehead atoms. The van der Waals surface area contributed by atoms with E-state index in [-0.39, 0.29) is 5.82 Å². The first-order valence-electron chi connectivity index (χ1n) is 5.66. The Kier molecular flexibility index (Phi) is 3.91. The monoisotopic (exact) mass is 242 g/mol. The summed E-state index contributed by atoms with van der Waals surface area (Å²) in [6.45, 7) is 1.86. The zero-order valence-electron chi connectivity index (χ0n) is 9.53. The first kappa shape index (κ1) is 12.3. The summed E-state index contributed by atoms with van der Waals surface area (Å²) < 4.78 is 31.5. The van der Waals surface area contributed by atoms with Gasteiger partial charge in [0.25, 0.3) is 0 Å². The molecule has 1 fully saturated rings. The van der Waals surface area contributed by atoms with Crippen LogP contribution in [0.25, 0.3) is 0 Å². The van der Waals surface area contributed by atoms with Gasteiger partial charge in [-0.2, -0.15) is 0 Å². The summed E-state index contributed by atoms with van der Waals surface area (Å²) >= 11 is 0. The van der Waals surface area contributed by atoms with E-state index in [1.165, 1.54) is 6.07 Å². The van der Waals surface area contributed by atoms with Gasteiger partial charge in [0.05, 0.1) is 24.9 Å². The molecule has 94 valence electrons. The van der Waals surface area contributed by atoms with Crippen molar-refractivity contribution in [2.45, 2.75) is 6.04 Å². The number of morpholine rings is 1. The first-order valence-corrected chi connectivity index (χ1v) is 5.66. The molecule has 1 saturated heterocycles. The molecule has 5 heteroatoms. The second-order valence-corrected chi connectivity index (χ2v) is 4.07. The quantitative estimate of drug-likeness (QED) is 0.875. The summed E-state index contributed by atoms with van der Waals surface area (Å²) in [7, 11) is 0. The number of rotatable bonds is 3. The van der Waals surface area contributed by atoms with Gasteiger partial charge in [-0.05, 0) is 17.7 Å². The molecule has 0 radical (unpaired) electrons. The molecular weight excluding hydrogens is 226 g/mol. The van der Waals surface area contributed by atoms with Crippen molar-refractivity contribution in [3.63, 3.8) is 0 Å². The third-order valence-electron chi connectivity index (χ3n) is 2.92. The van der Waals surface area contributed by atoms with Crippen molar-refractivity contribution in [3.05, 3.63) is 29.6 Å². The standard InChI is InChI=1S/C12H16F2N2O/c13-8-11(15)9-1-2-12(10(14)7-9)16-3-5-17-6-4-16/h1-2,7,11H,3-6,8,15H2. The zero-order chi connectivity index (χ0) is 12.3. The number of halogens is 2. The van der Waals surface area contributed by atoms with Gasteiger partial charge in [0, 0.05) is 13.1 Å². The van der Waals surface area contributed by atoms with Crippen molar-refractivity contribution < 1.29 is 13.5 Å². The summed E-state index contributed by atoms with van der Waals surface area (Å²) in [5.41, 5.74) is 6.54. The van der Waals surface area contributed by atoms with Crippen molar-refractivity contribution in [2.24, 2.45) is 5.73 Å². The molecule has 1 aromatic rings. The molecule has 1 atom stereocenters. The van der Waals surface area contributed by atoms with Crippen LogP contribution in [-0.2, 0) is 4.74 Å². The number of benzene rings is 1. The fourth-order valence-electron chi connectivity index (χ4n) is 1.90. The van der Waals surface area contributed by atoms with Crippen LogP contribution < -0.4 is 10.6 Å². The molecule has 0 amide bonds. The largest absolute Gasteiger partial charge is 0.378 e. The number of anilines is 1. The molecule has 2 rings (SSSR count). The topological polar surface area (TPSA) is 38.5 Å². The van der Waals surface area contributed by atoms with Gasteiger partial charge in [-0.1, -0.05) is 6.07 Å². The smallest absolute Gasteiger partial charge is 0.146 e. The Morgan fingerprint density at radius 1 is 1.35 bits per heavy atom. The fourth-order valence-corrected chi connectivity index (χ4v) is 1.90. The van der Waals surface area contributed by atoms with Crippen molar-refractivity contribution in [1.82, 2.24) is 0 Å². The molecule has 0 spiro atoms. The second-order valence-electron chi connectivity index (χ2n) is 4.07. The van der Waals surface area contributed by atoms with Crippen molar-refractivity contribution in [3.8, 4) is 0 Å². The van der Waals surface area contributed by atoms with E-state index in [4.69, 9.17) is 10.5 Å². The van der Waals surface area contributed by atoms with Crippen LogP contribution in [0.5, 0.6) is 0 Å². The van der Waals surface area contributed by atoms with Crippen LogP contribution in [0.4, 0.5) is 14.5 Å². The highest BCUT2D eigenvalue weighted by atomic mass is 19.1. The van der Waals surface area contributed by atoms with Crippen molar-refractivity contribution >= 4 is 5.69 Å². The maximum Gasteiger partial charge on any atom is 0.146 e. The van der Waals surface area contributed by atoms with E-state index in [9.17, 15) is 8.78 Å². The molecule has 3 nitrogen and oxygen atoms in total. The van der Waals surface area contributed by atoms with Gasteiger partial charge in [0.2, 0.25) is 0 Å². The van der Waals surface area contributed by atoms with Crippen LogP contribution in [0.2, 0.25) is 0 Å². The highest BCUT2D eigenvalue weighted by Crippen LogP contribution is 2.23. The number of ether oxygens (including phenoxy) is 1. The molecule has 0 saturated carbocycles. The lowest BCUT2D eigenvalue weighted by atomic mass is 10.1. The van der Waals surface area contributed by atoms with Gasteiger partial charge >= 0.3 is 0 Å². The molecule has 17 heavy (non-hydrogen) atoms. The van der Waals surface area contributed by atoms with E-state index < -0.39 is 12.7 Å². The predicted molar refractivity (Wildman–Crippen MR) is 62.3 cm³/mol. The Hall–Kier alpha value is -1.20. The number of nitrogens with two attached hydrogens (primary N) is 1. The van der Waals surface area contributed by atoms with E-state index in [0.717, 1.165) is 0 Å². The molecule has 2 N–H and O–H groups in total. The normalized spacial score (nSPS) is 18.2. The summed E-state index contributed by atoms with van der Waals surface area (Å²) in [5.74, 6) is -0.353. The van der Waals surface area contributed by atoms with Gasteiger partial charge in [0.1, 0.15) is 12.5 Å². The Balaban J connectivity index is 2.18. The minimum absolute atomic E-state index is 0.353. The Labute approximate surface area is 99.2 Å². The average molecular weight is 242 g/mol. The van der Waals surface area contributed by atoms with Gasteiger partial charge in [-0.15, -0.1) is 0 Å². The number of alkyl halides is 1. The SMILES string of the molecule is NC(CF)c1ccc(N2CCOCC2)c(F)c1. The van der Waals surface area contributed by atoms with E-state index in [1.54, 1.807) is 12.1 Å².